The molecule has 0 bridgehead atoms. The number of benzene rings is 1. The number of hydrogen-bond acceptors (Lipinski definition) is 7. The van der Waals surface area contributed by atoms with Crippen LogP contribution in [0.3, 0.4) is 0 Å². The molecule has 0 atom stereocenters. The van der Waals surface area contributed by atoms with Crippen molar-refractivity contribution in [1.29, 1.82) is 0 Å². The molecule has 34 heavy (non-hydrogen) atoms. The molecular weight excluding hydrogens is 467 g/mol. The van der Waals surface area contributed by atoms with Crippen molar-refractivity contribution in [2.75, 3.05) is 11.9 Å². The van der Waals surface area contributed by atoms with Gasteiger partial charge in [-0.2, -0.15) is 18.2 Å². The quantitative estimate of drug-likeness (QED) is 0.444. The van der Waals surface area contributed by atoms with Gasteiger partial charge < -0.3 is 10.6 Å². The number of thiazole rings is 1. The summed E-state index contributed by atoms with van der Waals surface area (Å²) in [6, 6.07) is 5.95. The van der Waals surface area contributed by atoms with Gasteiger partial charge in [0.2, 0.25) is 11.1 Å². The molecule has 176 valence electrons. The van der Waals surface area contributed by atoms with E-state index in [4.69, 9.17) is 0 Å². The molecule has 1 fully saturated rings. The summed E-state index contributed by atoms with van der Waals surface area (Å²) in [6.45, 7) is 0.268. The summed E-state index contributed by atoms with van der Waals surface area (Å²) in [7, 11) is 0. The van der Waals surface area contributed by atoms with Crippen LogP contribution in [0.4, 0.5) is 24.8 Å². The number of anilines is 2. The van der Waals surface area contributed by atoms with Gasteiger partial charge in [0.1, 0.15) is 11.9 Å². The zero-order chi connectivity index (χ0) is 23.4. The van der Waals surface area contributed by atoms with E-state index in [0.717, 1.165) is 43.7 Å². The molecule has 0 saturated heterocycles. The smallest absolute Gasteiger partial charge is 0.324 e. The maximum atomic E-state index is 13.4. The molecule has 0 radical (unpaired) electrons. The lowest BCUT2D eigenvalue weighted by Gasteiger charge is -2.18. The number of alkyl halides is 3. The predicted molar refractivity (Wildman–Crippen MR) is 122 cm³/mol. The Labute approximate surface area is 195 Å². The fourth-order valence-corrected chi connectivity index (χ4v) is 5.13. The fraction of sp³-hybridized carbons (Fsp3) is 0.364. The lowest BCUT2D eigenvalue weighted by molar-refractivity contribution is -0.144. The van der Waals surface area contributed by atoms with E-state index in [0.29, 0.717) is 10.6 Å². The van der Waals surface area contributed by atoms with Crippen molar-refractivity contribution in [3.8, 4) is 5.13 Å². The van der Waals surface area contributed by atoms with Crippen LogP contribution >= 0.6 is 11.3 Å². The van der Waals surface area contributed by atoms with Crippen LogP contribution in [-0.2, 0) is 19.5 Å². The Kier molecular flexibility index (Phi) is 4.96. The molecule has 12 heteroatoms. The third-order valence-corrected chi connectivity index (χ3v) is 6.87. The summed E-state index contributed by atoms with van der Waals surface area (Å²) in [5, 5.41) is 8.58. The maximum absolute atomic E-state index is 13.4. The van der Waals surface area contributed by atoms with E-state index in [9.17, 15) is 18.0 Å². The van der Waals surface area contributed by atoms with Gasteiger partial charge in [0.05, 0.1) is 5.69 Å². The van der Waals surface area contributed by atoms with Crippen molar-refractivity contribution >= 4 is 34.0 Å². The first-order chi connectivity index (χ1) is 16.4. The molecule has 4 heterocycles. The van der Waals surface area contributed by atoms with Gasteiger partial charge >= 0.3 is 6.18 Å². The van der Waals surface area contributed by atoms with Crippen molar-refractivity contribution in [2.24, 2.45) is 0 Å². The van der Waals surface area contributed by atoms with E-state index in [1.807, 2.05) is 23.6 Å². The number of hydrogen-bond donors (Lipinski definition) is 2. The minimum atomic E-state index is -4.58. The highest BCUT2D eigenvalue weighted by Crippen LogP contribution is 2.40. The number of nitrogens with one attached hydrogen (secondary N) is 2. The zero-order valence-electron chi connectivity index (χ0n) is 17.9. The highest BCUT2D eigenvalue weighted by Gasteiger charge is 2.33. The third-order valence-electron chi connectivity index (χ3n) is 6.04. The van der Waals surface area contributed by atoms with Crippen molar-refractivity contribution < 1.29 is 13.2 Å². The molecule has 1 aliphatic carbocycles. The van der Waals surface area contributed by atoms with Crippen LogP contribution in [0.2, 0.25) is 0 Å². The number of aromatic nitrogens is 5. The van der Waals surface area contributed by atoms with E-state index >= 15 is 0 Å². The second-order valence-corrected chi connectivity index (χ2v) is 9.42. The average molecular weight is 488 g/mol. The molecule has 3 aromatic heterocycles. The van der Waals surface area contributed by atoms with Crippen LogP contribution in [0.15, 0.2) is 34.6 Å². The molecule has 2 aliphatic rings. The molecule has 0 spiro atoms. The minimum absolute atomic E-state index is 0.00878. The Balaban J connectivity index is 1.44. The standard InChI is InChI=1S/C22H20F3N7OS/c23-22(24,25)11-31-19(33)16-9-27-20(28-15-4-3-14-8-26-6-5-13(14)7-15)30-18(16)32(31)21-29-17(10-34-21)12-1-2-12/h3-4,7,9-10,12,26H,1-2,5-6,8,11H2,(H,27,28,30). The maximum Gasteiger partial charge on any atom is 0.408 e. The van der Waals surface area contributed by atoms with E-state index in [2.05, 4.69) is 25.6 Å². The lowest BCUT2D eigenvalue weighted by atomic mass is 10.0. The summed E-state index contributed by atoms with van der Waals surface area (Å²) in [6.07, 6.45) is -0.388. The monoisotopic (exact) mass is 487 g/mol. The fourth-order valence-electron chi connectivity index (χ4n) is 4.22. The molecule has 2 N–H and O–H groups in total. The lowest BCUT2D eigenvalue weighted by Crippen LogP contribution is -2.30. The summed E-state index contributed by atoms with van der Waals surface area (Å²) in [5.74, 6) is 0.527. The van der Waals surface area contributed by atoms with Crippen molar-refractivity contribution in [3.63, 3.8) is 0 Å². The second kappa shape index (κ2) is 7.91. The van der Waals surface area contributed by atoms with Crippen LogP contribution in [0.5, 0.6) is 0 Å². The van der Waals surface area contributed by atoms with Gasteiger partial charge in [-0.05, 0) is 49.1 Å². The molecule has 1 aromatic carbocycles. The van der Waals surface area contributed by atoms with Crippen LogP contribution in [0.25, 0.3) is 16.2 Å². The Morgan fingerprint density at radius 2 is 2.06 bits per heavy atom. The Morgan fingerprint density at radius 1 is 1.21 bits per heavy atom. The second-order valence-electron chi connectivity index (χ2n) is 8.59. The van der Waals surface area contributed by atoms with Gasteiger partial charge in [0.25, 0.3) is 5.56 Å². The average Bonchev–Trinajstić information content (AvgIpc) is 3.49. The van der Waals surface area contributed by atoms with Crippen LogP contribution in [0.1, 0.15) is 35.6 Å². The van der Waals surface area contributed by atoms with Crippen molar-refractivity contribution in [1.82, 2.24) is 29.6 Å². The summed E-state index contributed by atoms with van der Waals surface area (Å²) >= 11 is 1.20. The molecule has 6 rings (SSSR count). The van der Waals surface area contributed by atoms with Gasteiger partial charge in [-0.15, -0.1) is 11.3 Å². The summed E-state index contributed by atoms with van der Waals surface area (Å²) in [5.41, 5.74) is 3.33. The minimum Gasteiger partial charge on any atom is -0.324 e. The normalized spacial score (nSPS) is 16.1. The van der Waals surface area contributed by atoms with Gasteiger partial charge in [0, 0.05) is 29.7 Å². The van der Waals surface area contributed by atoms with E-state index < -0.39 is 18.3 Å². The van der Waals surface area contributed by atoms with Crippen LogP contribution in [0, 0.1) is 0 Å². The van der Waals surface area contributed by atoms with E-state index in [1.165, 1.54) is 33.3 Å². The van der Waals surface area contributed by atoms with E-state index in [1.54, 1.807) is 0 Å². The SMILES string of the molecule is O=c1c2cnc(Nc3ccc4c(c3)CCNC4)nc2n(-c2nc(C3CC3)cs2)n1CC(F)(F)F. The van der Waals surface area contributed by atoms with Crippen LogP contribution in [-0.4, -0.2) is 37.0 Å². The number of fused-ring (bicyclic) bond motifs is 2. The Bertz CT molecular complexity index is 1450. The number of rotatable bonds is 5. The molecule has 0 amide bonds. The van der Waals surface area contributed by atoms with Crippen molar-refractivity contribution in [2.45, 2.75) is 44.4 Å². The van der Waals surface area contributed by atoms with Gasteiger partial charge in [0.15, 0.2) is 5.65 Å². The van der Waals surface area contributed by atoms with Crippen LogP contribution < -0.4 is 16.2 Å². The van der Waals surface area contributed by atoms with Gasteiger partial charge in [-0.3, -0.25) is 4.79 Å². The molecular formula is C22H20F3N7OS. The molecule has 1 saturated carbocycles. The predicted octanol–water partition coefficient (Wildman–Crippen LogP) is 3.87. The summed E-state index contributed by atoms with van der Waals surface area (Å²) < 4.78 is 41.9. The summed E-state index contributed by atoms with van der Waals surface area (Å²) in [4.78, 5) is 26.1. The molecule has 0 unspecified atom stereocenters. The molecule has 4 aromatic rings. The Hall–Kier alpha value is -3.25. The van der Waals surface area contributed by atoms with E-state index in [-0.39, 0.29) is 22.1 Å². The first-order valence-corrected chi connectivity index (χ1v) is 11.8. The highest BCUT2D eigenvalue weighted by atomic mass is 32.1. The molecule has 8 nitrogen and oxygen atoms in total. The Morgan fingerprint density at radius 3 is 2.85 bits per heavy atom. The third kappa shape index (κ3) is 3.96. The zero-order valence-corrected chi connectivity index (χ0v) is 18.7. The first kappa shape index (κ1) is 21.3. The number of nitrogens with zero attached hydrogens (tertiary/aromatic N) is 5. The topological polar surface area (TPSA) is 89.7 Å². The van der Waals surface area contributed by atoms with Gasteiger partial charge in [-0.25, -0.2) is 19.3 Å². The van der Waals surface area contributed by atoms with Gasteiger partial charge in [-0.1, -0.05) is 6.07 Å². The largest absolute Gasteiger partial charge is 0.408 e. The molecule has 1 aliphatic heterocycles. The van der Waals surface area contributed by atoms with Crippen molar-refractivity contribution in [3.05, 3.63) is 57.0 Å². The first-order valence-electron chi connectivity index (χ1n) is 11.0. The highest BCUT2D eigenvalue weighted by molar-refractivity contribution is 7.12. The number of halogens is 3.